The molecule has 2 aliphatic heterocycles. The van der Waals surface area contributed by atoms with E-state index in [0.717, 1.165) is 13.0 Å². The second-order valence-corrected chi connectivity index (χ2v) is 4.51. The quantitative estimate of drug-likeness (QED) is 0.633. The molecular formula is C11H18N2O2. The molecule has 0 radical (unpaired) electrons. The Balaban J connectivity index is 2.02. The molecule has 4 nitrogen and oxygen atoms in total. The van der Waals surface area contributed by atoms with Gasteiger partial charge < -0.3 is 15.4 Å². The summed E-state index contributed by atoms with van der Waals surface area (Å²) < 4.78 is 5.21. The van der Waals surface area contributed by atoms with Gasteiger partial charge in [0.25, 0.3) is 0 Å². The van der Waals surface area contributed by atoms with Crippen LogP contribution in [0.4, 0.5) is 0 Å². The van der Waals surface area contributed by atoms with E-state index in [-0.39, 0.29) is 5.91 Å². The number of amides is 1. The van der Waals surface area contributed by atoms with Crippen molar-refractivity contribution in [3.63, 3.8) is 0 Å². The number of hydrogen-bond donors (Lipinski definition) is 1. The molecule has 2 aliphatic rings. The maximum absolute atomic E-state index is 12.1. The van der Waals surface area contributed by atoms with Gasteiger partial charge in [0, 0.05) is 19.7 Å². The van der Waals surface area contributed by atoms with Gasteiger partial charge in [-0.3, -0.25) is 4.79 Å². The minimum absolute atomic E-state index is 0.0451. The Hall–Kier alpha value is -0.870. The zero-order valence-electron chi connectivity index (χ0n) is 9.16. The van der Waals surface area contributed by atoms with E-state index >= 15 is 0 Å². The molecule has 1 amide bonds. The number of carbonyl (C=O) groups excluding carboxylic acids is 1. The van der Waals surface area contributed by atoms with Crippen LogP contribution in [0.25, 0.3) is 0 Å². The van der Waals surface area contributed by atoms with Gasteiger partial charge in [-0.1, -0.05) is 11.6 Å². The highest BCUT2D eigenvalue weighted by Gasteiger charge is 2.41. The van der Waals surface area contributed by atoms with Crippen LogP contribution in [-0.2, 0) is 9.53 Å². The van der Waals surface area contributed by atoms with E-state index in [1.165, 1.54) is 5.57 Å². The average molecular weight is 210 g/mol. The van der Waals surface area contributed by atoms with Crippen molar-refractivity contribution < 1.29 is 9.53 Å². The van der Waals surface area contributed by atoms with Gasteiger partial charge in [-0.25, -0.2) is 0 Å². The lowest BCUT2D eigenvalue weighted by atomic mass is 9.97. The molecule has 0 aliphatic carbocycles. The molecule has 1 saturated heterocycles. The Labute approximate surface area is 90.1 Å². The number of nitrogens with two attached hydrogens (primary N) is 1. The highest BCUT2D eigenvalue weighted by atomic mass is 16.5. The van der Waals surface area contributed by atoms with Gasteiger partial charge in [-0.2, -0.15) is 0 Å². The Morgan fingerprint density at radius 2 is 2.47 bits per heavy atom. The molecule has 0 aromatic rings. The van der Waals surface area contributed by atoms with E-state index in [1.54, 1.807) is 0 Å². The molecule has 2 heterocycles. The van der Waals surface area contributed by atoms with Crippen LogP contribution in [0, 0.1) is 0 Å². The van der Waals surface area contributed by atoms with Crippen molar-refractivity contribution in [2.24, 2.45) is 5.73 Å². The summed E-state index contributed by atoms with van der Waals surface area (Å²) in [4.78, 5) is 14.0. The van der Waals surface area contributed by atoms with E-state index in [1.807, 2.05) is 4.90 Å². The summed E-state index contributed by atoms with van der Waals surface area (Å²) in [5, 5.41) is 0. The molecular weight excluding hydrogens is 192 g/mol. The number of hydrogen-bond acceptors (Lipinski definition) is 3. The van der Waals surface area contributed by atoms with Crippen LogP contribution >= 0.6 is 0 Å². The normalized spacial score (nSPS) is 31.6. The third-order valence-electron chi connectivity index (χ3n) is 3.20. The molecule has 0 saturated carbocycles. The first-order chi connectivity index (χ1) is 7.12. The first-order valence-corrected chi connectivity index (χ1v) is 5.43. The molecule has 0 aromatic heterocycles. The molecule has 2 N–H and O–H groups in total. The summed E-state index contributed by atoms with van der Waals surface area (Å²) in [6, 6.07) is 0. The van der Waals surface area contributed by atoms with Crippen molar-refractivity contribution in [2.75, 3.05) is 26.3 Å². The molecule has 2 rings (SSSR count). The molecule has 0 spiro atoms. The number of ether oxygens (including phenoxy) is 1. The van der Waals surface area contributed by atoms with Crippen LogP contribution in [-0.4, -0.2) is 42.6 Å². The van der Waals surface area contributed by atoms with Crippen molar-refractivity contribution >= 4 is 5.91 Å². The predicted octanol–water partition coefficient (Wildman–Crippen LogP) is 0.283. The fourth-order valence-corrected chi connectivity index (χ4v) is 2.02. The van der Waals surface area contributed by atoms with Gasteiger partial charge in [0.1, 0.15) is 5.54 Å². The Morgan fingerprint density at radius 3 is 3.00 bits per heavy atom. The lowest BCUT2D eigenvalue weighted by Gasteiger charge is -2.32. The largest absolute Gasteiger partial charge is 0.379 e. The topological polar surface area (TPSA) is 55.6 Å². The van der Waals surface area contributed by atoms with Crippen LogP contribution in [0.2, 0.25) is 0 Å². The third kappa shape index (κ3) is 2.06. The van der Waals surface area contributed by atoms with Gasteiger partial charge in [0.05, 0.1) is 6.61 Å². The summed E-state index contributed by atoms with van der Waals surface area (Å²) in [7, 11) is 0. The maximum atomic E-state index is 12.1. The molecule has 1 fully saturated rings. The summed E-state index contributed by atoms with van der Waals surface area (Å²) in [5.41, 5.74) is 6.62. The monoisotopic (exact) mass is 210 g/mol. The van der Waals surface area contributed by atoms with Gasteiger partial charge in [0.15, 0.2) is 0 Å². The van der Waals surface area contributed by atoms with Crippen molar-refractivity contribution in [3.05, 3.63) is 11.6 Å². The molecule has 1 unspecified atom stereocenters. The Bertz CT molecular complexity index is 293. The number of nitrogens with zero attached hydrogens (tertiary/aromatic N) is 1. The minimum atomic E-state index is -0.765. The van der Waals surface area contributed by atoms with Gasteiger partial charge in [-0.05, 0) is 19.8 Å². The van der Waals surface area contributed by atoms with Gasteiger partial charge in [0.2, 0.25) is 5.91 Å². The smallest absolute Gasteiger partial charge is 0.245 e. The minimum Gasteiger partial charge on any atom is -0.379 e. The lowest BCUT2D eigenvalue weighted by molar-refractivity contribution is -0.136. The predicted molar refractivity (Wildman–Crippen MR) is 57.3 cm³/mol. The SMILES string of the molecule is CC1=CCN(C(=O)C2(N)CCOC2)CC1. The highest BCUT2D eigenvalue weighted by Crippen LogP contribution is 2.20. The van der Waals surface area contributed by atoms with Crippen LogP contribution < -0.4 is 5.73 Å². The molecule has 15 heavy (non-hydrogen) atoms. The van der Waals surface area contributed by atoms with Crippen molar-refractivity contribution in [1.29, 1.82) is 0 Å². The third-order valence-corrected chi connectivity index (χ3v) is 3.20. The van der Waals surface area contributed by atoms with Gasteiger partial charge in [-0.15, -0.1) is 0 Å². The van der Waals surface area contributed by atoms with Crippen molar-refractivity contribution in [2.45, 2.75) is 25.3 Å². The van der Waals surface area contributed by atoms with Crippen molar-refractivity contribution in [3.8, 4) is 0 Å². The number of carbonyl (C=O) groups is 1. The standard InChI is InChI=1S/C11H18N2O2/c1-9-2-5-13(6-3-9)10(14)11(12)4-7-15-8-11/h2H,3-8,12H2,1H3. The summed E-state index contributed by atoms with van der Waals surface area (Å²) >= 11 is 0. The first-order valence-electron chi connectivity index (χ1n) is 5.43. The van der Waals surface area contributed by atoms with Crippen LogP contribution in [0.1, 0.15) is 19.8 Å². The van der Waals surface area contributed by atoms with E-state index < -0.39 is 5.54 Å². The fourth-order valence-electron chi connectivity index (χ4n) is 2.02. The van der Waals surface area contributed by atoms with E-state index in [2.05, 4.69) is 13.0 Å². The molecule has 84 valence electrons. The second kappa shape index (κ2) is 3.94. The first kappa shape index (κ1) is 10.6. The van der Waals surface area contributed by atoms with Crippen molar-refractivity contribution in [1.82, 2.24) is 4.90 Å². The van der Waals surface area contributed by atoms with Crippen LogP contribution in [0.15, 0.2) is 11.6 Å². The Morgan fingerprint density at radius 1 is 1.67 bits per heavy atom. The van der Waals surface area contributed by atoms with Crippen LogP contribution in [0.5, 0.6) is 0 Å². The molecule has 1 atom stereocenters. The van der Waals surface area contributed by atoms with E-state index in [9.17, 15) is 4.79 Å². The van der Waals surface area contributed by atoms with Gasteiger partial charge >= 0.3 is 0 Å². The number of rotatable bonds is 1. The molecule has 0 bridgehead atoms. The zero-order chi connectivity index (χ0) is 10.9. The fraction of sp³-hybridized carbons (Fsp3) is 0.727. The van der Waals surface area contributed by atoms with E-state index in [4.69, 9.17) is 10.5 Å². The highest BCUT2D eigenvalue weighted by molar-refractivity contribution is 5.87. The zero-order valence-corrected chi connectivity index (χ0v) is 9.16. The lowest BCUT2D eigenvalue weighted by Crippen LogP contribution is -2.56. The molecule has 0 aromatic carbocycles. The summed E-state index contributed by atoms with van der Waals surface area (Å²) in [5.74, 6) is 0.0451. The molecule has 4 heteroatoms. The summed E-state index contributed by atoms with van der Waals surface area (Å²) in [6.07, 6.45) is 3.70. The van der Waals surface area contributed by atoms with Crippen LogP contribution in [0.3, 0.4) is 0 Å². The second-order valence-electron chi connectivity index (χ2n) is 4.51. The average Bonchev–Trinajstić information content (AvgIpc) is 2.67. The van der Waals surface area contributed by atoms with E-state index in [0.29, 0.717) is 26.2 Å². The maximum Gasteiger partial charge on any atom is 0.245 e. The Kier molecular flexibility index (Phi) is 2.80. The summed E-state index contributed by atoms with van der Waals surface area (Å²) in [6.45, 7) is 4.55.